The van der Waals surface area contributed by atoms with Gasteiger partial charge >= 0.3 is 0 Å². The third kappa shape index (κ3) is 2.50. The van der Waals surface area contributed by atoms with Gasteiger partial charge in [-0.2, -0.15) is 0 Å². The monoisotopic (exact) mass is 278 g/mol. The summed E-state index contributed by atoms with van der Waals surface area (Å²) in [5, 5.41) is 0. The maximum absolute atomic E-state index is 6.26. The number of ether oxygens (including phenoxy) is 4. The van der Waals surface area contributed by atoms with Gasteiger partial charge in [0.15, 0.2) is 5.79 Å². The molecule has 1 aliphatic heterocycles. The molecule has 1 unspecified atom stereocenters. The minimum absolute atomic E-state index is 0.0712. The second kappa shape index (κ2) is 5.62. The first-order valence-electron chi connectivity index (χ1n) is 7.30. The molecule has 1 spiro atoms. The van der Waals surface area contributed by atoms with Gasteiger partial charge in [-0.05, 0) is 31.0 Å². The highest BCUT2D eigenvalue weighted by atomic mass is 16.7. The molecule has 1 saturated heterocycles. The number of benzene rings is 1. The first kappa shape index (κ1) is 13.7. The summed E-state index contributed by atoms with van der Waals surface area (Å²) >= 11 is 0. The predicted octanol–water partition coefficient (Wildman–Crippen LogP) is 3.45. The van der Waals surface area contributed by atoms with Crippen LogP contribution >= 0.6 is 0 Å². The van der Waals surface area contributed by atoms with Crippen LogP contribution in [0.4, 0.5) is 0 Å². The lowest BCUT2D eigenvalue weighted by atomic mass is 9.94. The van der Waals surface area contributed by atoms with Crippen LogP contribution in [0.3, 0.4) is 0 Å². The van der Waals surface area contributed by atoms with Crippen molar-refractivity contribution in [3.8, 4) is 11.5 Å². The molecule has 0 N–H and O–H groups in total. The van der Waals surface area contributed by atoms with Crippen LogP contribution in [0, 0.1) is 0 Å². The van der Waals surface area contributed by atoms with Crippen molar-refractivity contribution in [1.29, 1.82) is 0 Å². The standard InChI is InChI=1S/C16H22O4/c1-17-12-6-7-14(18-2)13(10-12)15-11-19-16(20-15)8-4-3-5-9-16/h6-7,10,15H,3-5,8-9,11H2,1-2H3. The number of hydrogen-bond donors (Lipinski definition) is 0. The summed E-state index contributed by atoms with van der Waals surface area (Å²) in [6.45, 7) is 0.587. The number of methoxy groups -OCH3 is 2. The molecule has 0 aromatic heterocycles. The Morgan fingerprint density at radius 3 is 2.60 bits per heavy atom. The summed E-state index contributed by atoms with van der Waals surface area (Å²) in [6.07, 6.45) is 5.56. The third-order valence-corrected chi connectivity index (χ3v) is 4.25. The summed E-state index contributed by atoms with van der Waals surface area (Å²) in [4.78, 5) is 0. The van der Waals surface area contributed by atoms with Gasteiger partial charge < -0.3 is 18.9 Å². The molecule has 4 heteroatoms. The van der Waals surface area contributed by atoms with Crippen molar-refractivity contribution < 1.29 is 18.9 Å². The Morgan fingerprint density at radius 2 is 1.90 bits per heavy atom. The molecule has 1 heterocycles. The molecule has 3 rings (SSSR count). The van der Waals surface area contributed by atoms with E-state index in [0.717, 1.165) is 29.9 Å². The Bertz CT molecular complexity index is 466. The fourth-order valence-electron chi connectivity index (χ4n) is 3.15. The minimum atomic E-state index is -0.364. The molecular formula is C16H22O4. The molecule has 20 heavy (non-hydrogen) atoms. The van der Waals surface area contributed by atoms with Gasteiger partial charge in [-0.1, -0.05) is 6.42 Å². The quantitative estimate of drug-likeness (QED) is 0.848. The van der Waals surface area contributed by atoms with Gasteiger partial charge in [0.2, 0.25) is 0 Å². The van der Waals surface area contributed by atoms with Gasteiger partial charge in [0.25, 0.3) is 0 Å². The molecule has 0 radical (unpaired) electrons. The van der Waals surface area contributed by atoms with Gasteiger partial charge in [-0.25, -0.2) is 0 Å². The summed E-state index contributed by atoms with van der Waals surface area (Å²) < 4.78 is 23.0. The van der Waals surface area contributed by atoms with Crippen molar-refractivity contribution in [1.82, 2.24) is 0 Å². The van der Waals surface area contributed by atoms with Crippen LogP contribution in [0.1, 0.15) is 43.8 Å². The summed E-state index contributed by atoms with van der Waals surface area (Å²) in [7, 11) is 3.34. The molecule has 1 saturated carbocycles. The van der Waals surface area contributed by atoms with E-state index in [4.69, 9.17) is 18.9 Å². The Morgan fingerprint density at radius 1 is 1.10 bits per heavy atom. The zero-order valence-corrected chi connectivity index (χ0v) is 12.2. The fraction of sp³-hybridized carbons (Fsp3) is 0.625. The summed E-state index contributed by atoms with van der Waals surface area (Å²) in [6, 6.07) is 5.80. The zero-order chi connectivity index (χ0) is 14.0. The average molecular weight is 278 g/mol. The maximum Gasteiger partial charge on any atom is 0.169 e. The van der Waals surface area contributed by atoms with Crippen molar-refractivity contribution in [3.05, 3.63) is 23.8 Å². The molecule has 1 aromatic carbocycles. The molecule has 1 aromatic rings. The smallest absolute Gasteiger partial charge is 0.169 e. The Kier molecular flexibility index (Phi) is 3.85. The Labute approximate surface area is 120 Å². The molecule has 0 bridgehead atoms. The highest BCUT2D eigenvalue weighted by molar-refractivity contribution is 5.42. The van der Waals surface area contributed by atoms with E-state index in [1.807, 2.05) is 18.2 Å². The first-order valence-corrected chi connectivity index (χ1v) is 7.30. The molecule has 1 aliphatic carbocycles. The van der Waals surface area contributed by atoms with Gasteiger partial charge in [0.1, 0.15) is 17.6 Å². The highest BCUT2D eigenvalue weighted by Gasteiger charge is 2.43. The fourth-order valence-corrected chi connectivity index (χ4v) is 3.15. The van der Waals surface area contributed by atoms with Gasteiger partial charge in [-0.3, -0.25) is 0 Å². The Hall–Kier alpha value is -1.26. The number of hydrogen-bond acceptors (Lipinski definition) is 4. The molecule has 1 atom stereocenters. The van der Waals surface area contributed by atoms with Gasteiger partial charge in [-0.15, -0.1) is 0 Å². The molecule has 0 amide bonds. The van der Waals surface area contributed by atoms with E-state index in [0.29, 0.717) is 6.61 Å². The second-order valence-electron chi connectivity index (χ2n) is 5.50. The van der Waals surface area contributed by atoms with Crippen molar-refractivity contribution in [2.45, 2.75) is 44.0 Å². The second-order valence-corrected chi connectivity index (χ2v) is 5.50. The van der Waals surface area contributed by atoms with Crippen LogP contribution in [0.2, 0.25) is 0 Å². The molecule has 110 valence electrons. The summed E-state index contributed by atoms with van der Waals surface area (Å²) in [5.41, 5.74) is 1.01. The van der Waals surface area contributed by atoms with Crippen LogP contribution in [-0.2, 0) is 9.47 Å². The van der Waals surface area contributed by atoms with Crippen LogP contribution in [0.25, 0.3) is 0 Å². The minimum Gasteiger partial charge on any atom is -0.497 e. The normalized spacial score (nSPS) is 24.8. The largest absolute Gasteiger partial charge is 0.497 e. The molecule has 2 aliphatic rings. The van der Waals surface area contributed by atoms with E-state index in [1.54, 1.807) is 14.2 Å². The van der Waals surface area contributed by atoms with Gasteiger partial charge in [0, 0.05) is 18.4 Å². The van der Waals surface area contributed by atoms with E-state index < -0.39 is 0 Å². The maximum atomic E-state index is 6.26. The van der Waals surface area contributed by atoms with Crippen LogP contribution in [0.5, 0.6) is 11.5 Å². The highest BCUT2D eigenvalue weighted by Crippen LogP contribution is 2.44. The number of rotatable bonds is 3. The average Bonchev–Trinajstić information content (AvgIpc) is 2.90. The van der Waals surface area contributed by atoms with Crippen LogP contribution in [-0.4, -0.2) is 26.6 Å². The summed E-state index contributed by atoms with van der Waals surface area (Å²) in [5.74, 6) is 1.28. The lowest BCUT2D eigenvalue weighted by Gasteiger charge is -2.31. The molecule has 2 fully saturated rings. The van der Waals surface area contributed by atoms with E-state index in [-0.39, 0.29) is 11.9 Å². The lowest BCUT2D eigenvalue weighted by Crippen LogP contribution is -2.32. The molecule has 4 nitrogen and oxygen atoms in total. The zero-order valence-electron chi connectivity index (χ0n) is 12.2. The topological polar surface area (TPSA) is 36.9 Å². The lowest BCUT2D eigenvalue weighted by molar-refractivity contribution is -0.187. The van der Waals surface area contributed by atoms with E-state index in [2.05, 4.69) is 0 Å². The van der Waals surface area contributed by atoms with Crippen molar-refractivity contribution in [2.75, 3.05) is 20.8 Å². The predicted molar refractivity (Wildman–Crippen MR) is 75.1 cm³/mol. The van der Waals surface area contributed by atoms with Crippen LogP contribution in [0.15, 0.2) is 18.2 Å². The van der Waals surface area contributed by atoms with Crippen molar-refractivity contribution in [3.63, 3.8) is 0 Å². The van der Waals surface area contributed by atoms with E-state index in [1.165, 1.54) is 19.3 Å². The third-order valence-electron chi connectivity index (χ3n) is 4.25. The van der Waals surface area contributed by atoms with E-state index >= 15 is 0 Å². The molecular weight excluding hydrogens is 256 g/mol. The van der Waals surface area contributed by atoms with Crippen LogP contribution < -0.4 is 9.47 Å². The van der Waals surface area contributed by atoms with E-state index in [9.17, 15) is 0 Å². The SMILES string of the molecule is COc1ccc(OC)c(C2COC3(CCCCC3)O2)c1. The Balaban J connectivity index is 1.82. The van der Waals surface area contributed by atoms with Gasteiger partial charge in [0.05, 0.1) is 20.8 Å². The first-order chi connectivity index (χ1) is 9.76. The van der Waals surface area contributed by atoms with Crippen molar-refractivity contribution in [2.24, 2.45) is 0 Å². The van der Waals surface area contributed by atoms with Crippen molar-refractivity contribution >= 4 is 0 Å².